The van der Waals surface area contributed by atoms with E-state index in [0.29, 0.717) is 0 Å². The minimum Gasteiger partial charge on any atom is -0.399 e. The Morgan fingerprint density at radius 3 is 2.45 bits per heavy atom. The molecule has 2 N–H and O–H groups in total. The van der Waals surface area contributed by atoms with Gasteiger partial charge in [0.15, 0.2) is 0 Å². The highest BCUT2D eigenvalue weighted by Crippen LogP contribution is 2.16. The second kappa shape index (κ2) is 9.36. The molecule has 0 amide bonds. The lowest BCUT2D eigenvalue weighted by atomic mass is 10.2. The summed E-state index contributed by atoms with van der Waals surface area (Å²) in [4.78, 5) is 4.35. The van der Waals surface area contributed by atoms with Gasteiger partial charge < -0.3 is 10.3 Å². The van der Waals surface area contributed by atoms with E-state index >= 15 is 0 Å². The fourth-order valence-corrected chi connectivity index (χ4v) is 2.09. The topological polar surface area (TPSA) is 43.8 Å². The van der Waals surface area contributed by atoms with Gasteiger partial charge in [-0.2, -0.15) is 0 Å². The Morgan fingerprint density at radius 1 is 1.00 bits per heavy atom. The quantitative estimate of drug-likeness (QED) is 0.695. The monoisotopic (exact) mass is 357 g/mol. The Kier molecular flexibility index (Phi) is 8.65. The predicted molar refractivity (Wildman–Crippen MR) is 101 cm³/mol. The summed E-state index contributed by atoms with van der Waals surface area (Å²) in [5.74, 6) is 0. The highest BCUT2D eigenvalue weighted by Gasteiger charge is 2.00. The Hall–Kier alpha value is -1.68. The van der Waals surface area contributed by atoms with E-state index in [0.717, 1.165) is 23.3 Å². The molecule has 118 valence electrons. The molecular weight excluding hydrogens is 341 g/mol. The van der Waals surface area contributed by atoms with E-state index in [4.69, 9.17) is 5.73 Å². The number of hydrogen-bond donors (Lipinski definition) is 1. The van der Waals surface area contributed by atoms with Gasteiger partial charge in [0.2, 0.25) is 0 Å². The largest absolute Gasteiger partial charge is 0.399 e. The van der Waals surface area contributed by atoms with E-state index < -0.39 is 0 Å². The lowest BCUT2D eigenvalue weighted by molar-refractivity contribution is 0.852. The average Bonchev–Trinajstić information content (AvgIpc) is 2.82. The number of nitrogens with zero attached hydrogens (tertiary/aromatic N) is 2. The van der Waals surface area contributed by atoms with Gasteiger partial charge in [0, 0.05) is 12.2 Å². The predicted octanol–water partition coefficient (Wildman–Crippen LogP) is 4.60. The van der Waals surface area contributed by atoms with Crippen molar-refractivity contribution in [2.75, 3.05) is 5.73 Å². The van der Waals surface area contributed by atoms with Crippen LogP contribution in [0.4, 0.5) is 5.69 Å². The lowest BCUT2D eigenvalue weighted by Crippen LogP contribution is -1.92. The molecule has 0 unspecified atom stereocenters. The third-order valence-electron chi connectivity index (χ3n) is 3.06. The molecule has 3 aromatic rings. The van der Waals surface area contributed by atoms with Crippen molar-refractivity contribution >= 4 is 60.0 Å². The summed E-state index contributed by atoms with van der Waals surface area (Å²) in [5.41, 5.74) is 9.74. The first-order valence-electron chi connectivity index (χ1n) is 6.25. The van der Waals surface area contributed by atoms with Crippen LogP contribution in [0.25, 0.3) is 17.1 Å². The van der Waals surface area contributed by atoms with E-state index in [1.54, 1.807) is 0 Å². The number of rotatable bonds is 3. The number of halogens is 3. The molecule has 0 bridgehead atoms. The van der Waals surface area contributed by atoms with Crippen LogP contribution >= 0.6 is 37.2 Å². The summed E-state index contributed by atoms with van der Waals surface area (Å²) in [7, 11) is 0. The number of nitrogens with two attached hydrogens (primary N) is 1. The number of benzene rings is 2. The average molecular weight is 359 g/mol. The zero-order chi connectivity index (χ0) is 13.1. The maximum Gasteiger partial charge on any atom is 0.0961 e. The van der Waals surface area contributed by atoms with Crippen molar-refractivity contribution in [1.29, 1.82) is 0 Å². The van der Waals surface area contributed by atoms with Crippen molar-refractivity contribution in [1.82, 2.24) is 9.55 Å². The van der Waals surface area contributed by atoms with Gasteiger partial charge in [0.25, 0.3) is 0 Å². The van der Waals surface area contributed by atoms with Gasteiger partial charge in [-0.25, -0.2) is 4.98 Å². The second-order valence-electron chi connectivity index (χ2n) is 4.46. The van der Waals surface area contributed by atoms with Crippen molar-refractivity contribution in [2.24, 2.45) is 0 Å². The number of anilines is 1. The maximum atomic E-state index is 5.75. The summed E-state index contributed by atoms with van der Waals surface area (Å²) in [6.45, 7) is 0.801. The summed E-state index contributed by atoms with van der Waals surface area (Å²) < 4.78 is 2.11. The van der Waals surface area contributed by atoms with Crippen LogP contribution in [0.3, 0.4) is 0 Å². The SMILES string of the molecule is Cl.Cl.Cl.Nc1ccc2c(c1)ncn2C/C=C/c1ccccc1. The zero-order valence-corrected chi connectivity index (χ0v) is 14.2. The molecule has 0 saturated heterocycles. The summed E-state index contributed by atoms with van der Waals surface area (Å²) >= 11 is 0. The Morgan fingerprint density at radius 2 is 1.73 bits per heavy atom. The van der Waals surface area contributed by atoms with E-state index in [-0.39, 0.29) is 37.2 Å². The molecule has 0 aliphatic carbocycles. The summed E-state index contributed by atoms with van der Waals surface area (Å²) in [6.07, 6.45) is 6.09. The third-order valence-corrected chi connectivity index (χ3v) is 3.06. The fraction of sp³-hybridized carbons (Fsp3) is 0.0625. The Labute approximate surface area is 148 Å². The maximum absolute atomic E-state index is 5.75. The molecule has 0 aliphatic heterocycles. The van der Waals surface area contributed by atoms with Gasteiger partial charge in [0.05, 0.1) is 17.4 Å². The molecule has 2 aromatic carbocycles. The lowest BCUT2D eigenvalue weighted by Gasteiger charge is -2.00. The zero-order valence-electron chi connectivity index (χ0n) is 11.8. The van der Waals surface area contributed by atoms with E-state index in [2.05, 4.69) is 33.8 Å². The van der Waals surface area contributed by atoms with Crippen LogP contribution in [-0.4, -0.2) is 9.55 Å². The fourth-order valence-electron chi connectivity index (χ4n) is 2.09. The van der Waals surface area contributed by atoms with Gasteiger partial charge >= 0.3 is 0 Å². The van der Waals surface area contributed by atoms with E-state index in [9.17, 15) is 0 Å². The minimum absolute atomic E-state index is 0. The van der Waals surface area contributed by atoms with E-state index in [1.165, 1.54) is 5.56 Å². The standard InChI is InChI=1S/C16H15N3.3ClH/c17-14-8-9-16-15(11-14)18-12-19(16)10-4-7-13-5-2-1-3-6-13;;;/h1-9,11-12H,10,17H2;3*1H/b7-4+;;;. The summed E-state index contributed by atoms with van der Waals surface area (Å²) in [6, 6.07) is 16.1. The van der Waals surface area contributed by atoms with Crippen LogP contribution in [0.2, 0.25) is 0 Å². The van der Waals surface area contributed by atoms with Crippen molar-refractivity contribution in [3.05, 3.63) is 66.5 Å². The highest BCUT2D eigenvalue weighted by atomic mass is 35.5. The number of aromatic nitrogens is 2. The van der Waals surface area contributed by atoms with Crippen molar-refractivity contribution in [2.45, 2.75) is 6.54 Å². The van der Waals surface area contributed by atoms with Crippen LogP contribution in [-0.2, 0) is 6.54 Å². The van der Waals surface area contributed by atoms with Gasteiger partial charge in [0.1, 0.15) is 0 Å². The Bertz CT molecular complexity index is 724. The minimum atomic E-state index is 0. The molecule has 0 atom stereocenters. The molecule has 1 aromatic heterocycles. The normalized spacial score (nSPS) is 9.82. The number of allylic oxidation sites excluding steroid dienone is 1. The second-order valence-corrected chi connectivity index (χ2v) is 4.46. The Balaban J connectivity index is 0.00000147. The highest BCUT2D eigenvalue weighted by molar-refractivity contribution is 5.86. The summed E-state index contributed by atoms with van der Waals surface area (Å²) in [5, 5.41) is 0. The molecule has 22 heavy (non-hydrogen) atoms. The first kappa shape index (κ1) is 20.3. The number of hydrogen-bond acceptors (Lipinski definition) is 2. The molecule has 3 nitrogen and oxygen atoms in total. The molecule has 0 radical (unpaired) electrons. The van der Waals surface area contributed by atoms with E-state index in [1.807, 2.05) is 42.7 Å². The van der Waals surface area contributed by atoms with Gasteiger partial charge in [-0.15, -0.1) is 37.2 Å². The first-order valence-corrected chi connectivity index (χ1v) is 6.25. The van der Waals surface area contributed by atoms with Gasteiger partial charge in [-0.1, -0.05) is 42.5 Å². The molecular formula is C16H18Cl3N3. The third kappa shape index (κ3) is 4.67. The van der Waals surface area contributed by atoms with Gasteiger partial charge in [-0.05, 0) is 23.8 Å². The van der Waals surface area contributed by atoms with Crippen LogP contribution in [0.15, 0.2) is 60.9 Å². The number of nitrogen functional groups attached to an aromatic ring is 1. The van der Waals surface area contributed by atoms with Crippen molar-refractivity contribution in [3.63, 3.8) is 0 Å². The molecule has 0 aliphatic rings. The molecule has 6 heteroatoms. The molecule has 0 fully saturated rings. The smallest absolute Gasteiger partial charge is 0.0961 e. The van der Waals surface area contributed by atoms with Crippen LogP contribution < -0.4 is 5.73 Å². The van der Waals surface area contributed by atoms with Crippen LogP contribution in [0, 0.1) is 0 Å². The molecule has 1 heterocycles. The molecule has 3 rings (SSSR count). The van der Waals surface area contributed by atoms with Gasteiger partial charge in [-0.3, -0.25) is 0 Å². The van der Waals surface area contributed by atoms with Crippen LogP contribution in [0.5, 0.6) is 0 Å². The van der Waals surface area contributed by atoms with Crippen LogP contribution in [0.1, 0.15) is 5.56 Å². The number of fused-ring (bicyclic) bond motifs is 1. The molecule has 0 spiro atoms. The van der Waals surface area contributed by atoms with Crippen molar-refractivity contribution in [3.8, 4) is 0 Å². The first-order chi connectivity index (χ1) is 9.33. The molecule has 0 saturated carbocycles. The number of imidazole rings is 1. The van der Waals surface area contributed by atoms with Crippen molar-refractivity contribution < 1.29 is 0 Å².